The Morgan fingerprint density at radius 2 is 1.95 bits per heavy atom. The van der Waals surface area contributed by atoms with E-state index in [0.29, 0.717) is 6.61 Å². The van der Waals surface area contributed by atoms with Crippen molar-refractivity contribution in [1.82, 2.24) is 0 Å². The molecule has 1 N–H and O–H groups in total. The lowest BCUT2D eigenvalue weighted by Crippen LogP contribution is -2.46. The van der Waals surface area contributed by atoms with E-state index in [4.69, 9.17) is 9.47 Å². The van der Waals surface area contributed by atoms with Gasteiger partial charge in [-0.2, -0.15) is 0 Å². The highest BCUT2D eigenvalue weighted by Gasteiger charge is 2.39. The Morgan fingerprint density at radius 1 is 1.25 bits per heavy atom. The Hall–Kier alpha value is -1.22. The van der Waals surface area contributed by atoms with Gasteiger partial charge in [-0.15, -0.1) is 0 Å². The molecule has 0 amide bonds. The fraction of sp³-hybridized carbons (Fsp3) is 0.647. The van der Waals surface area contributed by atoms with Gasteiger partial charge in [-0.05, 0) is 43.2 Å². The van der Waals surface area contributed by atoms with E-state index >= 15 is 0 Å². The van der Waals surface area contributed by atoms with Crippen LogP contribution in [-0.4, -0.2) is 23.9 Å². The Labute approximate surface area is 121 Å². The van der Waals surface area contributed by atoms with Crippen LogP contribution in [0.25, 0.3) is 0 Å². The first-order chi connectivity index (χ1) is 9.54. The van der Waals surface area contributed by atoms with Crippen LogP contribution in [0.1, 0.15) is 46.5 Å². The molecule has 0 aromatic heterocycles. The van der Waals surface area contributed by atoms with Crippen molar-refractivity contribution in [2.45, 2.75) is 58.7 Å². The third-order valence-corrected chi connectivity index (χ3v) is 4.05. The van der Waals surface area contributed by atoms with E-state index in [1.165, 1.54) is 0 Å². The van der Waals surface area contributed by atoms with E-state index in [0.717, 1.165) is 37.2 Å². The van der Waals surface area contributed by atoms with Crippen LogP contribution in [0.5, 0.6) is 11.5 Å². The normalized spacial score (nSPS) is 25.2. The van der Waals surface area contributed by atoms with Crippen LogP contribution >= 0.6 is 0 Å². The Balaban J connectivity index is 2.09. The number of para-hydroxylation sites is 2. The Morgan fingerprint density at radius 3 is 2.65 bits per heavy atom. The lowest BCUT2D eigenvalue weighted by molar-refractivity contribution is -0.0696. The minimum Gasteiger partial charge on any atom is -0.490 e. The van der Waals surface area contributed by atoms with Crippen molar-refractivity contribution in [1.29, 1.82) is 0 Å². The minimum atomic E-state index is -0.435. The monoisotopic (exact) mass is 278 g/mol. The second-order valence-electron chi connectivity index (χ2n) is 6.28. The summed E-state index contributed by atoms with van der Waals surface area (Å²) in [5.41, 5.74) is -0.0812. The first kappa shape index (κ1) is 15.2. The molecule has 2 rings (SSSR count). The van der Waals surface area contributed by atoms with Crippen molar-refractivity contribution >= 4 is 0 Å². The molecule has 3 heteroatoms. The molecule has 0 aliphatic heterocycles. The van der Waals surface area contributed by atoms with Crippen LogP contribution in [-0.2, 0) is 0 Å². The number of rotatable bonds is 5. The van der Waals surface area contributed by atoms with Gasteiger partial charge in [-0.3, -0.25) is 0 Å². The lowest BCUT2D eigenvalue weighted by atomic mass is 9.73. The maximum absolute atomic E-state index is 10.5. The molecule has 0 radical (unpaired) electrons. The average molecular weight is 278 g/mol. The maximum atomic E-state index is 10.5. The molecule has 112 valence electrons. The predicted molar refractivity (Wildman–Crippen MR) is 80.3 cm³/mol. The van der Waals surface area contributed by atoms with E-state index in [2.05, 4.69) is 20.8 Å². The van der Waals surface area contributed by atoms with Gasteiger partial charge < -0.3 is 14.6 Å². The summed E-state index contributed by atoms with van der Waals surface area (Å²) in [6.07, 6.45) is 3.41. The maximum Gasteiger partial charge on any atom is 0.161 e. The molecule has 1 aliphatic rings. The van der Waals surface area contributed by atoms with E-state index in [1.807, 2.05) is 24.3 Å². The van der Waals surface area contributed by atoms with Gasteiger partial charge in [0.05, 0.1) is 12.7 Å². The fourth-order valence-electron chi connectivity index (χ4n) is 2.73. The highest BCUT2D eigenvalue weighted by molar-refractivity contribution is 5.39. The van der Waals surface area contributed by atoms with Crippen molar-refractivity contribution in [3.05, 3.63) is 24.3 Å². The second kappa shape index (κ2) is 6.49. The molecule has 2 atom stereocenters. The van der Waals surface area contributed by atoms with Gasteiger partial charge in [-0.25, -0.2) is 0 Å². The van der Waals surface area contributed by atoms with Gasteiger partial charge in [0.25, 0.3) is 0 Å². The second-order valence-corrected chi connectivity index (χ2v) is 6.28. The number of hydrogen-bond acceptors (Lipinski definition) is 3. The third kappa shape index (κ3) is 3.45. The molecule has 1 fully saturated rings. The van der Waals surface area contributed by atoms with E-state index in [1.54, 1.807) is 0 Å². The Kier molecular flexibility index (Phi) is 4.92. The first-order valence-corrected chi connectivity index (χ1v) is 7.61. The van der Waals surface area contributed by atoms with Gasteiger partial charge in [-0.1, -0.05) is 32.9 Å². The summed E-state index contributed by atoms with van der Waals surface area (Å²) in [4.78, 5) is 0. The van der Waals surface area contributed by atoms with Crippen molar-refractivity contribution in [2.24, 2.45) is 5.41 Å². The van der Waals surface area contributed by atoms with Crippen LogP contribution < -0.4 is 9.47 Å². The summed E-state index contributed by atoms with van der Waals surface area (Å²) >= 11 is 0. The molecular formula is C17H26O3. The molecule has 0 bridgehead atoms. The summed E-state index contributed by atoms with van der Waals surface area (Å²) in [5, 5.41) is 10.5. The number of benzene rings is 1. The molecule has 1 aliphatic carbocycles. The van der Waals surface area contributed by atoms with Gasteiger partial charge in [0, 0.05) is 0 Å². The number of hydrogen-bond donors (Lipinski definition) is 1. The summed E-state index contributed by atoms with van der Waals surface area (Å²) < 4.78 is 11.8. The predicted octanol–water partition coefficient (Wildman–Crippen LogP) is 3.79. The van der Waals surface area contributed by atoms with Gasteiger partial charge >= 0.3 is 0 Å². The topological polar surface area (TPSA) is 38.7 Å². The third-order valence-electron chi connectivity index (χ3n) is 4.05. The SMILES string of the molecule is CCCOc1ccccc1OC1CCCC(C)(C)C1O. The zero-order chi connectivity index (χ0) is 14.6. The van der Waals surface area contributed by atoms with Crippen molar-refractivity contribution in [2.75, 3.05) is 6.61 Å². The van der Waals surface area contributed by atoms with E-state index in [9.17, 15) is 5.11 Å². The molecule has 20 heavy (non-hydrogen) atoms. The van der Waals surface area contributed by atoms with Crippen molar-refractivity contribution in [3.63, 3.8) is 0 Å². The van der Waals surface area contributed by atoms with Crippen LogP contribution in [0.4, 0.5) is 0 Å². The average Bonchev–Trinajstić information content (AvgIpc) is 2.43. The van der Waals surface area contributed by atoms with E-state index in [-0.39, 0.29) is 11.5 Å². The highest BCUT2D eigenvalue weighted by atomic mass is 16.5. The summed E-state index contributed by atoms with van der Waals surface area (Å²) in [6.45, 7) is 6.97. The molecule has 1 aromatic rings. The summed E-state index contributed by atoms with van der Waals surface area (Å²) in [7, 11) is 0. The number of aliphatic hydroxyl groups is 1. The lowest BCUT2D eigenvalue weighted by Gasteiger charge is -2.40. The zero-order valence-corrected chi connectivity index (χ0v) is 12.8. The van der Waals surface area contributed by atoms with Gasteiger partial charge in [0.15, 0.2) is 11.5 Å². The van der Waals surface area contributed by atoms with Crippen LogP contribution in [0, 0.1) is 5.41 Å². The number of ether oxygens (including phenoxy) is 2. The standard InChI is InChI=1S/C17H26O3/c1-4-12-19-13-8-5-6-9-14(13)20-15-10-7-11-17(2,3)16(15)18/h5-6,8-9,15-16,18H,4,7,10-12H2,1-3H3. The molecule has 1 aromatic carbocycles. The molecule has 0 saturated heterocycles. The fourth-order valence-corrected chi connectivity index (χ4v) is 2.73. The van der Waals surface area contributed by atoms with Crippen LogP contribution in [0.15, 0.2) is 24.3 Å². The largest absolute Gasteiger partial charge is 0.490 e. The summed E-state index contributed by atoms with van der Waals surface area (Å²) in [6, 6.07) is 7.72. The zero-order valence-electron chi connectivity index (χ0n) is 12.8. The molecule has 1 saturated carbocycles. The van der Waals surface area contributed by atoms with E-state index < -0.39 is 6.10 Å². The number of aliphatic hydroxyl groups excluding tert-OH is 1. The van der Waals surface area contributed by atoms with Gasteiger partial charge in [0.2, 0.25) is 0 Å². The summed E-state index contributed by atoms with van der Waals surface area (Å²) in [5.74, 6) is 1.51. The molecule has 3 nitrogen and oxygen atoms in total. The Bertz CT molecular complexity index is 428. The highest BCUT2D eigenvalue weighted by Crippen LogP contribution is 2.38. The quantitative estimate of drug-likeness (QED) is 0.890. The molecular weight excluding hydrogens is 252 g/mol. The molecule has 0 spiro atoms. The first-order valence-electron chi connectivity index (χ1n) is 7.61. The molecule has 2 unspecified atom stereocenters. The van der Waals surface area contributed by atoms with Crippen molar-refractivity contribution < 1.29 is 14.6 Å². The van der Waals surface area contributed by atoms with Gasteiger partial charge in [0.1, 0.15) is 6.10 Å². The molecule has 0 heterocycles. The van der Waals surface area contributed by atoms with Crippen LogP contribution in [0.2, 0.25) is 0 Å². The smallest absolute Gasteiger partial charge is 0.161 e. The van der Waals surface area contributed by atoms with Crippen molar-refractivity contribution in [3.8, 4) is 11.5 Å². The minimum absolute atomic E-state index is 0.0812. The van der Waals surface area contributed by atoms with Crippen LogP contribution in [0.3, 0.4) is 0 Å².